The van der Waals surface area contributed by atoms with E-state index in [4.69, 9.17) is 14.6 Å². The number of aliphatic hydroxyl groups excluding tert-OH is 1. The lowest BCUT2D eigenvalue weighted by atomic mass is 10.2. The summed E-state index contributed by atoms with van der Waals surface area (Å²) in [5.41, 5.74) is 3.74. The van der Waals surface area contributed by atoms with Crippen molar-refractivity contribution in [2.75, 3.05) is 25.6 Å². The predicted octanol–water partition coefficient (Wildman–Crippen LogP) is 2.70. The Morgan fingerprint density at radius 1 is 1.40 bits per heavy atom. The SMILES string of the molecule is COc1ccc(NC(C)c2cscn2)cc1OCCO. The molecule has 5 nitrogen and oxygen atoms in total. The molecule has 0 saturated carbocycles. The molecule has 1 aromatic heterocycles. The fourth-order valence-corrected chi connectivity index (χ4v) is 2.44. The van der Waals surface area contributed by atoms with E-state index in [1.807, 2.05) is 36.0 Å². The van der Waals surface area contributed by atoms with Crippen molar-refractivity contribution in [1.82, 2.24) is 4.98 Å². The highest BCUT2D eigenvalue weighted by Crippen LogP contribution is 2.31. The van der Waals surface area contributed by atoms with Gasteiger partial charge in [-0.15, -0.1) is 11.3 Å². The Bertz CT molecular complexity index is 531. The van der Waals surface area contributed by atoms with Crippen molar-refractivity contribution < 1.29 is 14.6 Å². The van der Waals surface area contributed by atoms with Crippen LogP contribution in [0.2, 0.25) is 0 Å². The first kappa shape index (κ1) is 14.6. The maximum atomic E-state index is 8.84. The van der Waals surface area contributed by atoms with Crippen LogP contribution in [0.25, 0.3) is 0 Å². The molecule has 108 valence electrons. The maximum absolute atomic E-state index is 8.84. The van der Waals surface area contributed by atoms with Gasteiger partial charge in [-0.05, 0) is 19.1 Å². The van der Waals surface area contributed by atoms with E-state index < -0.39 is 0 Å². The number of nitrogens with zero attached hydrogens (tertiary/aromatic N) is 1. The van der Waals surface area contributed by atoms with Crippen LogP contribution >= 0.6 is 11.3 Å². The summed E-state index contributed by atoms with van der Waals surface area (Å²) in [5, 5.41) is 14.2. The minimum Gasteiger partial charge on any atom is -0.493 e. The smallest absolute Gasteiger partial charge is 0.163 e. The van der Waals surface area contributed by atoms with Gasteiger partial charge in [0.15, 0.2) is 11.5 Å². The number of rotatable bonds is 7. The molecular weight excluding hydrogens is 276 g/mol. The molecule has 0 saturated heterocycles. The van der Waals surface area contributed by atoms with E-state index in [1.54, 1.807) is 18.4 Å². The Morgan fingerprint density at radius 3 is 2.90 bits per heavy atom. The summed E-state index contributed by atoms with van der Waals surface area (Å²) in [4.78, 5) is 4.29. The van der Waals surface area contributed by atoms with Gasteiger partial charge in [0.05, 0.1) is 31.0 Å². The van der Waals surface area contributed by atoms with Crippen LogP contribution in [0.5, 0.6) is 11.5 Å². The highest BCUT2D eigenvalue weighted by atomic mass is 32.1. The molecule has 0 aliphatic rings. The third-order valence-electron chi connectivity index (χ3n) is 2.79. The molecule has 0 aliphatic carbocycles. The maximum Gasteiger partial charge on any atom is 0.163 e. The summed E-state index contributed by atoms with van der Waals surface area (Å²) in [7, 11) is 1.59. The Hall–Kier alpha value is -1.79. The zero-order valence-electron chi connectivity index (χ0n) is 11.5. The van der Waals surface area contributed by atoms with Gasteiger partial charge in [-0.1, -0.05) is 0 Å². The van der Waals surface area contributed by atoms with Crippen molar-refractivity contribution in [3.63, 3.8) is 0 Å². The predicted molar refractivity (Wildman–Crippen MR) is 79.7 cm³/mol. The lowest BCUT2D eigenvalue weighted by Gasteiger charge is -2.16. The molecule has 2 N–H and O–H groups in total. The number of aromatic nitrogens is 1. The molecule has 0 radical (unpaired) electrons. The Morgan fingerprint density at radius 2 is 2.25 bits per heavy atom. The highest BCUT2D eigenvalue weighted by molar-refractivity contribution is 7.07. The number of aliphatic hydroxyl groups is 1. The van der Waals surface area contributed by atoms with Gasteiger partial charge in [0.2, 0.25) is 0 Å². The number of benzene rings is 1. The fourth-order valence-electron chi connectivity index (χ4n) is 1.79. The molecule has 0 fully saturated rings. The monoisotopic (exact) mass is 294 g/mol. The van der Waals surface area contributed by atoms with Gasteiger partial charge in [0.25, 0.3) is 0 Å². The number of methoxy groups -OCH3 is 1. The van der Waals surface area contributed by atoms with Crippen LogP contribution < -0.4 is 14.8 Å². The van der Waals surface area contributed by atoms with Crippen LogP contribution in [0.3, 0.4) is 0 Å². The molecule has 2 aromatic rings. The quantitative estimate of drug-likeness (QED) is 0.822. The first-order chi connectivity index (χ1) is 9.74. The minimum absolute atomic E-state index is 0.0317. The van der Waals surface area contributed by atoms with Crippen LogP contribution in [0.1, 0.15) is 18.7 Å². The lowest BCUT2D eigenvalue weighted by Crippen LogP contribution is -2.08. The molecule has 1 aromatic carbocycles. The van der Waals surface area contributed by atoms with Gasteiger partial charge in [0, 0.05) is 17.1 Å². The van der Waals surface area contributed by atoms with Crippen molar-refractivity contribution >= 4 is 17.0 Å². The summed E-state index contributed by atoms with van der Waals surface area (Å²) in [6.45, 7) is 2.25. The van der Waals surface area contributed by atoms with E-state index >= 15 is 0 Å². The molecule has 0 aliphatic heterocycles. The van der Waals surface area contributed by atoms with Gasteiger partial charge in [0.1, 0.15) is 6.61 Å². The number of thiazole rings is 1. The average molecular weight is 294 g/mol. The van der Waals surface area contributed by atoms with E-state index in [9.17, 15) is 0 Å². The van der Waals surface area contributed by atoms with Crippen molar-refractivity contribution in [1.29, 1.82) is 0 Å². The highest BCUT2D eigenvalue weighted by Gasteiger charge is 2.10. The van der Waals surface area contributed by atoms with Gasteiger partial charge in [-0.2, -0.15) is 0 Å². The van der Waals surface area contributed by atoms with E-state index in [1.165, 1.54) is 0 Å². The molecule has 0 amide bonds. The molecule has 6 heteroatoms. The van der Waals surface area contributed by atoms with Gasteiger partial charge < -0.3 is 19.9 Å². The second kappa shape index (κ2) is 7.12. The third kappa shape index (κ3) is 3.61. The van der Waals surface area contributed by atoms with Crippen molar-refractivity contribution in [2.24, 2.45) is 0 Å². The zero-order chi connectivity index (χ0) is 14.4. The van der Waals surface area contributed by atoms with Crippen molar-refractivity contribution in [2.45, 2.75) is 13.0 Å². The molecule has 0 bridgehead atoms. The number of ether oxygens (including phenoxy) is 2. The number of anilines is 1. The number of hydrogen-bond acceptors (Lipinski definition) is 6. The largest absolute Gasteiger partial charge is 0.493 e. The second-order valence-electron chi connectivity index (χ2n) is 4.22. The summed E-state index contributed by atoms with van der Waals surface area (Å²) < 4.78 is 10.7. The third-order valence-corrected chi connectivity index (χ3v) is 3.40. The van der Waals surface area contributed by atoms with Crippen LogP contribution in [0, 0.1) is 0 Å². The number of nitrogens with one attached hydrogen (secondary N) is 1. The standard InChI is InChI=1S/C14H18N2O3S/c1-10(12-8-20-9-15-12)16-11-3-4-13(18-2)14(7-11)19-6-5-17/h3-4,7-10,16-17H,5-6H2,1-2H3. The van der Waals surface area contributed by atoms with Crippen molar-refractivity contribution in [3.8, 4) is 11.5 Å². The Kier molecular flexibility index (Phi) is 5.20. The zero-order valence-corrected chi connectivity index (χ0v) is 12.3. The van der Waals surface area contributed by atoms with E-state index in [-0.39, 0.29) is 19.3 Å². The van der Waals surface area contributed by atoms with Crippen molar-refractivity contribution in [3.05, 3.63) is 34.8 Å². The van der Waals surface area contributed by atoms with Gasteiger partial charge in [-0.3, -0.25) is 0 Å². The molecule has 1 heterocycles. The van der Waals surface area contributed by atoms with Gasteiger partial charge in [-0.25, -0.2) is 4.98 Å². The first-order valence-corrected chi connectivity index (χ1v) is 7.25. The molecule has 1 atom stereocenters. The number of hydrogen-bond donors (Lipinski definition) is 2. The summed E-state index contributed by atoms with van der Waals surface area (Å²) in [5.74, 6) is 1.25. The molecular formula is C14H18N2O3S. The van der Waals surface area contributed by atoms with Crippen LogP contribution in [0.4, 0.5) is 5.69 Å². The topological polar surface area (TPSA) is 63.6 Å². The summed E-state index contributed by atoms with van der Waals surface area (Å²) >= 11 is 1.58. The molecule has 1 unspecified atom stereocenters. The van der Waals surface area contributed by atoms with Crippen LogP contribution in [-0.4, -0.2) is 30.4 Å². The van der Waals surface area contributed by atoms with E-state index in [0.29, 0.717) is 11.5 Å². The minimum atomic E-state index is -0.0317. The normalized spacial score (nSPS) is 11.9. The molecule has 20 heavy (non-hydrogen) atoms. The summed E-state index contributed by atoms with van der Waals surface area (Å²) in [6, 6.07) is 5.73. The van der Waals surface area contributed by atoms with E-state index in [2.05, 4.69) is 10.3 Å². The average Bonchev–Trinajstić information content (AvgIpc) is 2.99. The first-order valence-electron chi connectivity index (χ1n) is 6.31. The van der Waals surface area contributed by atoms with E-state index in [0.717, 1.165) is 11.4 Å². The summed E-state index contributed by atoms with van der Waals surface area (Å²) in [6.07, 6.45) is 0. The molecule has 2 rings (SSSR count). The molecule has 0 spiro atoms. The lowest BCUT2D eigenvalue weighted by molar-refractivity contribution is 0.196. The Balaban J connectivity index is 2.11. The second-order valence-corrected chi connectivity index (χ2v) is 4.94. The van der Waals surface area contributed by atoms with Gasteiger partial charge >= 0.3 is 0 Å². The Labute approximate surface area is 122 Å². The fraction of sp³-hybridized carbons (Fsp3) is 0.357. The van der Waals surface area contributed by atoms with Crippen LogP contribution in [-0.2, 0) is 0 Å². The van der Waals surface area contributed by atoms with Crippen LogP contribution in [0.15, 0.2) is 29.1 Å².